The molecule has 2 fully saturated rings. The molecule has 8 heteroatoms. The summed E-state index contributed by atoms with van der Waals surface area (Å²) in [6.07, 6.45) is 5.83. The molecule has 0 bridgehead atoms. The minimum atomic E-state index is -0.516. The van der Waals surface area contributed by atoms with E-state index in [0.717, 1.165) is 35.4 Å². The van der Waals surface area contributed by atoms with Gasteiger partial charge < -0.3 is 19.1 Å². The van der Waals surface area contributed by atoms with Crippen LogP contribution in [0.25, 0.3) is 16.7 Å². The number of nitriles is 1. The summed E-state index contributed by atoms with van der Waals surface area (Å²) in [7, 11) is 0. The first-order valence-corrected chi connectivity index (χ1v) is 11.9. The second-order valence-electron chi connectivity index (χ2n) is 10.3. The Labute approximate surface area is 199 Å². The molecule has 2 aromatic heterocycles. The van der Waals surface area contributed by atoms with E-state index in [-0.39, 0.29) is 12.1 Å². The van der Waals surface area contributed by atoms with E-state index in [9.17, 15) is 10.1 Å². The van der Waals surface area contributed by atoms with Crippen LogP contribution in [-0.2, 0) is 4.74 Å². The molecule has 0 unspecified atom stereocenters. The lowest BCUT2D eigenvalue weighted by Crippen LogP contribution is -2.55. The molecular weight excluding hydrogens is 428 g/mol. The Hall–Kier alpha value is -3.60. The van der Waals surface area contributed by atoms with Crippen LogP contribution in [0, 0.1) is 11.3 Å². The van der Waals surface area contributed by atoms with Crippen molar-refractivity contribution in [2.75, 3.05) is 24.5 Å². The second kappa shape index (κ2) is 8.32. The monoisotopic (exact) mass is 458 g/mol. The van der Waals surface area contributed by atoms with Crippen molar-refractivity contribution in [3.63, 3.8) is 0 Å². The Morgan fingerprint density at radius 1 is 1.21 bits per heavy atom. The van der Waals surface area contributed by atoms with Crippen molar-refractivity contribution < 1.29 is 9.53 Å². The molecule has 3 heterocycles. The van der Waals surface area contributed by atoms with Gasteiger partial charge in [-0.25, -0.2) is 14.8 Å². The van der Waals surface area contributed by atoms with Gasteiger partial charge >= 0.3 is 6.09 Å². The van der Waals surface area contributed by atoms with E-state index in [1.807, 2.05) is 45.0 Å². The molecular formula is C26H30N6O2. The van der Waals surface area contributed by atoms with Crippen LogP contribution in [0.4, 0.5) is 10.6 Å². The molecule has 0 spiro atoms. The van der Waals surface area contributed by atoms with Crippen molar-refractivity contribution in [1.82, 2.24) is 19.4 Å². The highest BCUT2D eigenvalue weighted by molar-refractivity contribution is 5.93. The Morgan fingerprint density at radius 2 is 2.00 bits per heavy atom. The number of fused-ring (bicyclic) bond motifs is 1. The molecule has 3 aromatic rings. The number of ether oxygens (including phenoxy) is 1. The van der Waals surface area contributed by atoms with Crippen molar-refractivity contribution in [3.8, 4) is 11.8 Å². The number of benzene rings is 1. The van der Waals surface area contributed by atoms with Gasteiger partial charge in [0.05, 0.1) is 17.0 Å². The zero-order chi connectivity index (χ0) is 24.0. The van der Waals surface area contributed by atoms with Crippen LogP contribution < -0.4 is 4.90 Å². The summed E-state index contributed by atoms with van der Waals surface area (Å²) in [5.41, 5.74) is 3.13. The highest BCUT2D eigenvalue weighted by atomic mass is 16.6. The van der Waals surface area contributed by atoms with Gasteiger partial charge in [0.15, 0.2) is 0 Å². The summed E-state index contributed by atoms with van der Waals surface area (Å²) in [5, 5.41) is 10.4. The number of nitrogens with zero attached hydrogens (tertiary/aromatic N) is 6. The van der Waals surface area contributed by atoms with Crippen molar-refractivity contribution in [2.24, 2.45) is 0 Å². The van der Waals surface area contributed by atoms with Gasteiger partial charge in [0, 0.05) is 37.6 Å². The van der Waals surface area contributed by atoms with Crippen LogP contribution in [0.3, 0.4) is 0 Å². The third-order valence-corrected chi connectivity index (χ3v) is 6.42. The van der Waals surface area contributed by atoms with Gasteiger partial charge in [0.1, 0.15) is 23.4 Å². The number of amides is 1. The Morgan fingerprint density at radius 3 is 2.68 bits per heavy atom. The van der Waals surface area contributed by atoms with Gasteiger partial charge in [0.25, 0.3) is 0 Å². The zero-order valence-corrected chi connectivity index (χ0v) is 20.2. The minimum Gasteiger partial charge on any atom is -0.444 e. The largest absolute Gasteiger partial charge is 0.444 e. The van der Waals surface area contributed by atoms with Crippen LogP contribution in [0.5, 0.6) is 0 Å². The average molecular weight is 459 g/mol. The summed E-state index contributed by atoms with van der Waals surface area (Å²) in [5.74, 6) is 1.42. The first kappa shape index (κ1) is 22.2. The van der Waals surface area contributed by atoms with Crippen LogP contribution in [-0.4, -0.2) is 56.8 Å². The maximum atomic E-state index is 12.7. The normalized spacial score (nSPS) is 18.7. The number of anilines is 1. The average Bonchev–Trinajstić information content (AvgIpc) is 3.57. The molecule has 34 heavy (non-hydrogen) atoms. The zero-order valence-electron chi connectivity index (χ0n) is 20.2. The number of aromatic nitrogens is 3. The lowest BCUT2D eigenvalue weighted by atomic mass is 10.1. The molecule has 1 amide bonds. The highest BCUT2D eigenvalue weighted by Gasteiger charge is 2.34. The third kappa shape index (κ3) is 4.18. The maximum Gasteiger partial charge on any atom is 0.410 e. The minimum absolute atomic E-state index is 0.00705. The number of hydrogen-bond acceptors (Lipinski definition) is 6. The quantitative estimate of drug-likeness (QED) is 0.569. The lowest BCUT2D eigenvalue weighted by Gasteiger charge is -2.40. The smallest absolute Gasteiger partial charge is 0.410 e. The molecule has 0 radical (unpaired) electrons. The molecule has 1 aliphatic carbocycles. The standard InChI is InChI=1S/C26H30N6O2/c1-17-14-30(10-11-31(17)25(33)34-26(2,3)4)23-22-21(19-8-9-19)15-32(24(22)29-16-28-23)20-7-5-6-18(12-20)13-27/h5-7,12,15-17,19H,8-11,14H2,1-4H3/t17-/m1/s1. The fraction of sp³-hybridized carbons (Fsp3) is 0.462. The summed E-state index contributed by atoms with van der Waals surface area (Å²) in [6, 6.07) is 9.81. The molecule has 1 atom stereocenters. The number of piperazine rings is 1. The number of carbonyl (C=O) groups is 1. The maximum absolute atomic E-state index is 12.7. The molecule has 1 aromatic carbocycles. The van der Waals surface area contributed by atoms with Gasteiger partial charge in [-0.1, -0.05) is 6.07 Å². The molecule has 1 saturated heterocycles. The van der Waals surface area contributed by atoms with Crippen LogP contribution in [0.15, 0.2) is 36.8 Å². The molecule has 1 saturated carbocycles. The predicted octanol–water partition coefficient (Wildman–Crippen LogP) is 4.62. The summed E-state index contributed by atoms with van der Waals surface area (Å²) >= 11 is 0. The third-order valence-electron chi connectivity index (χ3n) is 6.42. The van der Waals surface area contributed by atoms with Gasteiger partial charge in [0.2, 0.25) is 0 Å². The molecule has 2 aliphatic rings. The molecule has 176 valence electrons. The van der Waals surface area contributed by atoms with Crippen molar-refractivity contribution in [3.05, 3.63) is 47.9 Å². The number of carbonyl (C=O) groups excluding carboxylic acids is 1. The van der Waals surface area contributed by atoms with E-state index in [0.29, 0.717) is 31.1 Å². The van der Waals surface area contributed by atoms with Crippen LogP contribution in [0.2, 0.25) is 0 Å². The van der Waals surface area contributed by atoms with E-state index in [1.54, 1.807) is 11.2 Å². The summed E-state index contributed by atoms with van der Waals surface area (Å²) < 4.78 is 7.68. The second-order valence-corrected chi connectivity index (χ2v) is 10.3. The molecule has 8 nitrogen and oxygen atoms in total. The van der Waals surface area contributed by atoms with Gasteiger partial charge in [-0.2, -0.15) is 5.26 Å². The summed E-state index contributed by atoms with van der Waals surface area (Å²) in [6.45, 7) is 9.64. The van der Waals surface area contributed by atoms with Crippen LogP contribution in [0.1, 0.15) is 57.6 Å². The van der Waals surface area contributed by atoms with E-state index >= 15 is 0 Å². The first-order chi connectivity index (χ1) is 16.2. The number of hydrogen-bond donors (Lipinski definition) is 0. The Balaban J connectivity index is 1.50. The SMILES string of the molecule is C[C@@H]1CN(c2ncnc3c2c(C2CC2)cn3-c2cccc(C#N)c2)CCN1C(=O)OC(C)(C)C. The molecule has 1 aliphatic heterocycles. The van der Waals surface area contributed by atoms with Crippen molar-refractivity contribution >= 4 is 22.9 Å². The van der Waals surface area contributed by atoms with Crippen molar-refractivity contribution in [2.45, 2.75) is 58.1 Å². The highest BCUT2D eigenvalue weighted by Crippen LogP contribution is 2.46. The fourth-order valence-electron chi connectivity index (χ4n) is 4.68. The van der Waals surface area contributed by atoms with Gasteiger partial charge in [-0.15, -0.1) is 0 Å². The summed E-state index contributed by atoms with van der Waals surface area (Å²) in [4.78, 5) is 26.1. The van der Waals surface area contributed by atoms with Gasteiger partial charge in [-0.3, -0.25) is 0 Å². The molecule has 0 N–H and O–H groups in total. The van der Waals surface area contributed by atoms with E-state index in [1.165, 1.54) is 5.56 Å². The topological polar surface area (TPSA) is 87.3 Å². The molecule has 5 rings (SSSR count). The predicted molar refractivity (Wildman–Crippen MR) is 130 cm³/mol. The van der Waals surface area contributed by atoms with Gasteiger partial charge in [-0.05, 0) is 70.2 Å². The van der Waals surface area contributed by atoms with E-state index < -0.39 is 5.60 Å². The van der Waals surface area contributed by atoms with E-state index in [4.69, 9.17) is 9.72 Å². The fourth-order valence-corrected chi connectivity index (χ4v) is 4.68. The number of rotatable bonds is 3. The van der Waals surface area contributed by atoms with Crippen LogP contribution >= 0.6 is 0 Å². The van der Waals surface area contributed by atoms with Crippen molar-refractivity contribution in [1.29, 1.82) is 5.26 Å². The Bertz CT molecular complexity index is 1280. The first-order valence-electron chi connectivity index (χ1n) is 11.9. The van der Waals surface area contributed by atoms with E-state index in [2.05, 4.69) is 33.6 Å². The Kier molecular flexibility index (Phi) is 5.43. The lowest BCUT2D eigenvalue weighted by molar-refractivity contribution is 0.0159.